The van der Waals surface area contributed by atoms with Crippen molar-refractivity contribution in [2.75, 3.05) is 31.1 Å². The second kappa shape index (κ2) is 7.52. The number of tetrazole rings is 1. The Balaban J connectivity index is 1.41. The fraction of sp³-hybridized carbons (Fsp3) is 0.667. The molecule has 2 aromatic heterocycles. The summed E-state index contributed by atoms with van der Waals surface area (Å²) < 4.78 is 3.53. The summed E-state index contributed by atoms with van der Waals surface area (Å²) in [6, 6.07) is 2.16. The van der Waals surface area contributed by atoms with Gasteiger partial charge in [-0.25, -0.2) is 4.68 Å². The van der Waals surface area contributed by atoms with Crippen molar-refractivity contribution in [3.05, 3.63) is 23.8 Å². The van der Waals surface area contributed by atoms with Gasteiger partial charge in [0.05, 0.1) is 17.9 Å². The van der Waals surface area contributed by atoms with E-state index in [0.29, 0.717) is 6.54 Å². The van der Waals surface area contributed by atoms with Crippen molar-refractivity contribution < 1.29 is 4.79 Å². The lowest BCUT2D eigenvalue weighted by atomic mass is 10.3. The molecule has 2 aliphatic heterocycles. The average Bonchev–Trinajstić information content (AvgIpc) is 3.21. The number of carbonyl (C=O) groups excluding carboxylic acids is 1. The molecule has 1 saturated heterocycles. The second-order valence-corrected chi connectivity index (χ2v) is 7.64. The van der Waals surface area contributed by atoms with Crippen molar-refractivity contribution in [3.8, 4) is 0 Å². The minimum absolute atomic E-state index is 0.0385. The van der Waals surface area contributed by atoms with Crippen LogP contribution in [-0.2, 0) is 31.0 Å². The highest BCUT2D eigenvalue weighted by Gasteiger charge is 2.22. The quantitative estimate of drug-likeness (QED) is 0.748. The van der Waals surface area contributed by atoms with Crippen LogP contribution < -0.4 is 0 Å². The zero-order valence-corrected chi connectivity index (χ0v) is 14.9. The predicted octanol–water partition coefficient (Wildman–Crippen LogP) is -0.149. The Morgan fingerprint density at radius 3 is 2.88 bits per heavy atom. The van der Waals surface area contributed by atoms with E-state index in [2.05, 4.69) is 31.2 Å². The standard InChI is InChI=1S/C15H22N8OS/c24-15(11-22-12-16-18-19-22)21-2-1-3-23-14(10-21)8-13(17-23)9-20-4-6-25-7-5-20/h8,12H,1-7,9-11H2. The van der Waals surface area contributed by atoms with Crippen LogP contribution in [0.1, 0.15) is 17.8 Å². The lowest BCUT2D eigenvalue weighted by molar-refractivity contribution is -0.132. The van der Waals surface area contributed by atoms with E-state index in [9.17, 15) is 4.79 Å². The zero-order chi connectivity index (χ0) is 17.1. The molecule has 0 N–H and O–H groups in total. The number of aromatic nitrogens is 6. The minimum atomic E-state index is 0.0385. The van der Waals surface area contributed by atoms with Crippen LogP contribution in [0.2, 0.25) is 0 Å². The fourth-order valence-corrected chi connectivity index (χ4v) is 4.27. The molecular weight excluding hydrogens is 340 g/mol. The molecule has 0 aliphatic carbocycles. The van der Waals surface area contributed by atoms with Gasteiger partial charge in [-0.05, 0) is 22.9 Å². The van der Waals surface area contributed by atoms with Gasteiger partial charge >= 0.3 is 0 Å². The van der Waals surface area contributed by atoms with Crippen molar-refractivity contribution in [2.45, 2.75) is 32.6 Å². The first-order chi connectivity index (χ1) is 12.3. The smallest absolute Gasteiger partial charge is 0.244 e. The van der Waals surface area contributed by atoms with Crippen LogP contribution in [0.5, 0.6) is 0 Å². The summed E-state index contributed by atoms with van der Waals surface area (Å²) in [6.07, 6.45) is 2.38. The third-order valence-electron chi connectivity index (χ3n) is 4.60. The topological polar surface area (TPSA) is 85.0 Å². The number of thioether (sulfide) groups is 1. The van der Waals surface area contributed by atoms with Crippen LogP contribution >= 0.6 is 11.8 Å². The molecule has 4 heterocycles. The number of aryl methyl sites for hydroxylation is 1. The van der Waals surface area contributed by atoms with Gasteiger partial charge in [0.2, 0.25) is 5.91 Å². The third kappa shape index (κ3) is 4.01. The highest BCUT2D eigenvalue weighted by atomic mass is 32.2. The molecule has 0 atom stereocenters. The minimum Gasteiger partial charge on any atom is -0.335 e. The van der Waals surface area contributed by atoms with Crippen molar-refractivity contribution >= 4 is 17.7 Å². The van der Waals surface area contributed by atoms with Gasteiger partial charge in [0.1, 0.15) is 12.9 Å². The number of hydrogen-bond acceptors (Lipinski definition) is 7. The van der Waals surface area contributed by atoms with Gasteiger partial charge in [0, 0.05) is 44.2 Å². The molecule has 25 heavy (non-hydrogen) atoms. The van der Waals surface area contributed by atoms with Gasteiger partial charge in [-0.3, -0.25) is 14.4 Å². The van der Waals surface area contributed by atoms with E-state index in [1.165, 1.54) is 22.5 Å². The van der Waals surface area contributed by atoms with E-state index >= 15 is 0 Å². The van der Waals surface area contributed by atoms with Crippen molar-refractivity contribution in [1.82, 2.24) is 39.8 Å². The van der Waals surface area contributed by atoms with Crippen LogP contribution in [0.3, 0.4) is 0 Å². The molecular formula is C15H22N8OS. The summed E-state index contributed by atoms with van der Waals surface area (Å²) in [5.74, 6) is 2.44. The van der Waals surface area contributed by atoms with E-state index in [1.54, 1.807) is 0 Å². The molecule has 2 aliphatic rings. The van der Waals surface area contributed by atoms with Gasteiger partial charge < -0.3 is 4.90 Å². The second-order valence-electron chi connectivity index (χ2n) is 6.41. The van der Waals surface area contributed by atoms with Crippen LogP contribution in [0.15, 0.2) is 12.4 Å². The maximum Gasteiger partial charge on any atom is 0.244 e. The Labute approximate surface area is 150 Å². The first-order valence-electron chi connectivity index (χ1n) is 8.62. The third-order valence-corrected chi connectivity index (χ3v) is 5.54. The fourth-order valence-electron chi connectivity index (χ4n) is 3.29. The number of fused-ring (bicyclic) bond motifs is 1. The number of nitrogens with zero attached hydrogens (tertiary/aromatic N) is 8. The molecule has 0 bridgehead atoms. The Kier molecular flexibility index (Phi) is 4.97. The summed E-state index contributed by atoms with van der Waals surface area (Å²) in [4.78, 5) is 16.9. The maximum atomic E-state index is 12.5. The lowest BCUT2D eigenvalue weighted by Crippen LogP contribution is -2.33. The number of amides is 1. The maximum absolute atomic E-state index is 12.5. The van der Waals surface area contributed by atoms with Crippen LogP contribution in [0, 0.1) is 0 Å². The van der Waals surface area contributed by atoms with Gasteiger partial charge in [0.15, 0.2) is 0 Å². The number of hydrogen-bond donors (Lipinski definition) is 0. The van der Waals surface area contributed by atoms with Crippen LogP contribution in [0.25, 0.3) is 0 Å². The van der Waals surface area contributed by atoms with E-state index in [-0.39, 0.29) is 12.5 Å². The van der Waals surface area contributed by atoms with Gasteiger partial charge in [-0.2, -0.15) is 16.9 Å². The van der Waals surface area contributed by atoms with Crippen LogP contribution in [0.4, 0.5) is 0 Å². The lowest BCUT2D eigenvalue weighted by Gasteiger charge is -2.25. The first-order valence-corrected chi connectivity index (χ1v) is 9.77. The Morgan fingerprint density at radius 1 is 1.20 bits per heavy atom. The van der Waals surface area contributed by atoms with E-state index in [4.69, 9.17) is 5.10 Å². The van der Waals surface area contributed by atoms with Crippen molar-refractivity contribution in [1.29, 1.82) is 0 Å². The normalized spacial score (nSPS) is 18.8. The predicted molar refractivity (Wildman–Crippen MR) is 92.7 cm³/mol. The molecule has 1 fully saturated rings. The zero-order valence-electron chi connectivity index (χ0n) is 14.1. The van der Waals surface area contributed by atoms with Crippen molar-refractivity contribution in [3.63, 3.8) is 0 Å². The molecule has 10 heteroatoms. The SMILES string of the molecule is O=C(Cn1cnnn1)N1CCCn2nc(CN3CCSCC3)cc2C1. The molecule has 0 saturated carbocycles. The largest absolute Gasteiger partial charge is 0.335 e. The summed E-state index contributed by atoms with van der Waals surface area (Å²) in [6.45, 7) is 5.54. The summed E-state index contributed by atoms with van der Waals surface area (Å²) >= 11 is 2.02. The number of rotatable bonds is 4. The molecule has 134 valence electrons. The summed E-state index contributed by atoms with van der Waals surface area (Å²) in [5, 5.41) is 15.7. The molecule has 4 rings (SSSR count). The number of carbonyl (C=O) groups is 1. The summed E-state index contributed by atoms with van der Waals surface area (Å²) in [5.41, 5.74) is 2.22. The molecule has 0 aromatic carbocycles. The van der Waals surface area contributed by atoms with E-state index in [0.717, 1.165) is 50.5 Å². The Hall–Kier alpha value is -1.94. The van der Waals surface area contributed by atoms with E-state index in [1.807, 2.05) is 16.7 Å². The average molecular weight is 362 g/mol. The summed E-state index contributed by atoms with van der Waals surface area (Å²) in [7, 11) is 0. The monoisotopic (exact) mass is 362 g/mol. The first kappa shape index (κ1) is 16.5. The van der Waals surface area contributed by atoms with Gasteiger partial charge in [-0.1, -0.05) is 0 Å². The van der Waals surface area contributed by atoms with E-state index < -0.39 is 0 Å². The highest BCUT2D eigenvalue weighted by molar-refractivity contribution is 7.99. The molecule has 0 unspecified atom stereocenters. The van der Waals surface area contributed by atoms with Gasteiger partial charge in [0.25, 0.3) is 0 Å². The molecule has 1 amide bonds. The van der Waals surface area contributed by atoms with Gasteiger partial charge in [-0.15, -0.1) is 5.10 Å². The Morgan fingerprint density at radius 2 is 2.08 bits per heavy atom. The molecule has 0 radical (unpaired) electrons. The Bertz CT molecular complexity index is 709. The van der Waals surface area contributed by atoms with Crippen molar-refractivity contribution in [2.24, 2.45) is 0 Å². The molecule has 0 spiro atoms. The van der Waals surface area contributed by atoms with Crippen LogP contribution in [-0.4, -0.2) is 76.8 Å². The molecule has 9 nitrogen and oxygen atoms in total. The highest BCUT2D eigenvalue weighted by Crippen LogP contribution is 2.17. The molecule has 2 aromatic rings.